The number of aromatic nitrogens is 4. The number of benzene rings is 5. The van der Waals surface area contributed by atoms with E-state index in [4.69, 9.17) is 19.9 Å². The minimum atomic E-state index is -3.15. The molecule has 0 spiro atoms. The summed E-state index contributed by atoms with van der Waals surface area (Å²) >= 11 is 0. The first-order chi connectivity index (χ1) is 22.9. The van der Waals surface area contributed by atoms with Crippen LogP contribution in [-0.4, -0.2) is 19.9 Å². The highest BCUT2D eigenvalue weighted by Crippen LogP contribution is 2.52. The molecule has 1 unspecified atom stereocenters. The zero-order valence-corrected chi connectivity index (χ0v) is 27.0. The average Bonchev–Trinajstić information content (AvgIpc) is 3.15. The largest absolute Gasteiger partial charge is 0.309 e. The Labute approximate surface area is 274 Å². The van der Waals surface area contributed by atoms with Crippen LogP contribution < -0.4 is 15.9 Å². The van der Waals surface area contributed by atoms with Gasteiger partial charge in [-0.15, -0.1) is 0 Å². The molecule has 8 rings (SSSR count). The van der Waals surface area contributed by atoms with E-state index in [0.29, 0.717) is 17.5 Å². The Balaban J connectivity index is 1.23. The van der Waals surface area contributed by atoms with Crippen molar-refractivity contribution in [2.75, 3.05) is 0 Å². The summed E-state index contributed by atoms with van der Waals surface area (Å²) in [5.41, 5.74) is 6.19. The number of rotatable bonds is 5. The summed E-state index contributed by atoms with van der Waals surface area (Å²) in [6.45, 7) is 4.43. The van der Waals surface area contributed by atoms with E-state index < -0.39 is 7.14 Å². The van der Waals surface area contributed by atoms with Crippen LogP contribution in [0.15, 0.2) is 152 Å². The smallest absolute Gasteiger partial charge is 0.171 e. The van der Waals surface area contributed by atoms with E-state index in [0.717, 1.165) is 55.0 Å². The molecule has 0 amide bonds. The summed E-state index contributed by atoms with van der Waals surface area (Å²) in [7, 11) is -3.15. The van der Waals surface area contributed by atoms with Crippen LogP contribution in [-0.2, 0) is 9.98 Å². The topological polar surface area (TPSA) is 68.6 Å². The van der Waals surface area contributed by atoms with Gasteiger partial charge in [0.05, 0.1) is 5.69 Å². The Bertz CT molecular complexity index is 2230. The minimum Gasteiger partial charge on any atom is -0.309 e. The van der Waals surface area contributed by atoms with Crippen LogP contribution in [0.3, 0.4) is 0 Å². The van der Waals surface area contributed by atoms with Gasteiger partial charge >= 0.3 is 0 Å². The Morgan fingerprint density at radius 2 is 1.00 bits per heavy atom. The van der Waals surface area contributed by atoms with E-state index in [1.807, 2.05) is 128 Å². The lowest BCUT2D eigenvalue weighted by molar-refractivity contribution is 0.586. The molecule has 2 aromatic heterocycles. The maximum Gasteiger partial charge on any atom is 0.171 e. The SMILES string of the molecule is CC1(C)c2ccccc2P(=O)(c2ccccc2)c2cc(-c3ccc(-c4nc(-c5ccccc5)nc(-c5ccccc5)n4)cn3)ccc21. The van der Waals surface area contributed by atoms with E-state index in [1.54, 1.807) is 0 Å². The standard InChI is InChI=1S/C41H31N4OP/c1-41(2)33-20-12-13-21-36(33)47(46,32-18-10-5-11-19-32)37-26-30(22-24-34(37)41)35-25-23-31(27-42-35)40-44-38(28-14-6-3-7-15-28)43-39(45-40)29-16-8-4-9-17-29/h3-27H,1-2H3. The van der Waals surface area contributed by atoms with Gasteiger partial charge in [0.2, 0.25) is 0 Å². The molecule has 1 aliphatic rings. The molecule has 0 aliphatic carbocycles. The van der Waals surface area contributed by atoms with Crippen molar-refractivity contribution in [3.8, 4) is 45.4 Å². The number of hydrogen-bond donors (Lipinski definition) is 0. The van der Waals surface area contributed by atoms with Gasteiger partial charge in [-0.3, -0.25) is 4.98 Å². The van der Waals surface area contributed by atoms with Crippen LogP contribution in [0, 0.1) is 0 Å². The Morgan fingerprint density at radius 1 is 0.489 bits per heavy atom. The van der Waals surface area contributed by atoms with E-state index in [-0.39, 0.29) is 5.41 Å². The number of nitrogens with zero attached hydrogens (tertiary/aromatic N) is 4. The van der Waals surface area contributed by atoms with Crippen LogP contribution in [0.4, 0.5) is 0 Å². The molecule has 0 N–H and O–H groups in total. The molecule has 0 fully saturated rings. The van der Waals surface area contributed by atoms with Crippen LogP contribution >= 0.6 is 7.14 Å². The van der Waals surface area contributed by atoms with Gasteiger partial charge < -0.3 is 4.57 Å². The normalized spacial score (nSPS) is 16.2. The molecule has 5 nitrogen and oxygen atoms in total. The molecule has 7 aromatic rings. The Morgan fingerprint density at radius 3 is 1.60 bits per heavy atom. The fraction of sp³-hybridized carbons (Fsp3) is 0.0732. The fourth-order valence-corrected chi connectivity index (χ4v) is 9.99. The van der Waals surface area contributed by atoms with Crippen molar-refractivity contribution in [3.63, 3.8) is 0 Å². The second kappa shape index (κ2) is 11.4. The van der Waals surface area contributed by atoms with Gasteiger partial charge in [-0.1, -0.05) is 141 Å². The van der Waals surface area contributed by atoms with E-state index in [2.05, 4.69) is 38.1 Å². The maximum absolute atomic E-state index is 15.4. The molecule has 226 valence electrons. The first kappa shape index (κ1) is 28.9. The fourth-order valence-electron chi connectivity index (χ4n) is 6.58. The molecule has 3 heterocycles. The van der Waals surface area contributed by atoms with Crippen LogP contribution in [0.2, 0.25) is 0 Å². The zero-order chi connectivity index (χ0) is 32.0. The molecule has 0 saturated heterocycles. The van der Waals surface area contributed by atoms with Crippen molar-refractivity contribution in [2.45, 2.75) is 19.3 Å². The molecular formula is C41H31N4OP. The highest BCUT2D eigenvalue weighted by atomic mass is 31.2. The lowest BCUT2D eigenvalue weighted by atomic mass is 9.77. The molecular weight excluding hydrogens is 595 g/mol. The summed E-state index contributed by atoms with van der Waals surface area (Å²) in [4.78, 5) is 19.4. The van der Waals surface area contributed by atoms with Crippen LogP contribution in [0.25, 0.3) is 45.4 Å². The third kappa shape index (κ3) is 4.91. The van der Waals surface area contributed by atoms with Crippen molar-refractivity contribution in [2.24, 2.45) is 0 Å². The third-order valence-corrected chi connectivity index (χ3v) is 12.2. The van der Waals surface area contributed by atoms with Crippen molar-refractivity contribution in [1.29, 1.82) is 0 Å². The second-order valence-corrected chi connectivity index (χ2v) is 15.0. The second-order valence-electron chi connectivity index (χ2n) is 12.3. The summed E-state index contributed by atoms with van der Waals surface area (Å²) in [6, 6.07) is 48.2. The number of fused-ring (bicyclic) bond motifs is 2. The summed E-state index contributed by atoms with van der Waals surface area (Å²) in [6.07, 6.45) is 1.81. The highest BCUT2D eigenvalue weighted by Gasteiger charge is 2.44. The molecule has 6 heteroatoms. The molecule has 47 heavy (non-hydrogen) atoms. The monoisotopic (exact) mass is 626 g/mol. The first-order valence-electron chi connectivity index (χ1n) is 15.7. The Hall–Kier alpha value is -5.51. The molecule has 5 aromatic carbocycles. The predicted molar refractivity (Wildman–Crippen MR) is 191 cm³/mol. The maximum atomic E-state index is 15.4. The Kier molecular flexibility index (Phi) is 7.00. The summed E-state index contributed by atoms with van der Waals surface area (Å²) in [5, 5.41) is 2.61. The van der Waals surface area contributed by atoms with Gasteiger partial charge in [0.25, 0.3) is 0 Å². The lowest BCUT2D eigenvalue weighted by Gasteiger charge is -2.39. The minimum absolute atomic E-state index is 0.309. The summed E-state index contributed by atoms with van der Waals surface area (Å²) < 4.78 is 15.4. The molecule has 0 radical (unpaired) electrons. The van der Waals surface area contributed by atoms with E-state index >= 15 is 4.57 Å². The average molecular weight is 627 g/mol. The van der Waals surface area contributed by atoms with Crippen molar-refractivity contribution in [3.05, 3.63) is 163 Å². The van der Waals surface area contributed by atoms with E-state index in [1.165, 1.54) is 0 Å². The third-order valence-electron chi connectivity index (χ3n) is 9.06. The zero-order valence-electron chi connectivity index (χ0n) is 26.1. The van der Waals surface area contributed by atoms with Crippen LogP contribution in [0.1, 0.15) is 25.0 Å². The van der Waals surface area contributed by atoms with Gasteiger partial charge in [0, 0.05) is 49.8 Å². The molecule has 0 bridgehead atoms. The van der Waals surface area contributed by atoms with Crippen molar-refractivity contribution >= 4 is 23.1 Å². The van der Waals surface area contributed by atoms with Gasteiger partial charge in [0.15, 0.2) is 24.6 Å². The van der Waals surface area contributed by atoms with Crippen LogP contribution in [0.5, 0.6) is 0 Å². The predicted octanol–water partition coefficient (Wildman–Crippen LogP) is 8.21. The summed E-state index contributed by atoms with van der Waals surface area (Å²) in [5.74, 6) is 1.76. The van der Waals surface area contributed by atoms with Gasteiger partial charge in [-0.05, 0) is 29.3 Å². The van der Waals surface area contributed by atoms with Gasteiger partial charge in [-0.2, -0.15) is 0 Å². The van der Waals surface area contributed by atoms with Crippen molar-refractivity contribution in [1.82, 2.24) is 19.9 Å². The molecule has 1 atom stereocenters. The lowest BCUT2D eigenvalue weighted by Crippen LogP contribution is -2.42. The van der Waals surface area contributed by atoms with E-state index in [9.17, 15) is 0 Å². The quantitative estimate of drug-likeness (QED) is 0.180. The van der Waals surface area contributed by atoms with Crippen molar-refractivity contribution < 1.29 is 4.57 Å². The first-order valence-corrected chi connectivity index (χ1v) is 17.4. The molecule has 0 saturated carbocycles. The molecule has 1 aliphatic heterocycles. The number of hydrogen-bond acceptors (Lipinski definition) is 5. The number of pyridine rings is 1. The van der Waals surface area contributed by atoms with Gasteiger partial charge in [-0.25, -0.2) is 15.0 Å². The highest BCUT2D eigenvalue weighted by molar-refractivity contribution is 7.85. The van der Waals surface area contributed by atoms with Gasteiger partial charge in [0.1, 0.15) is 0 Å².